The number of hydrogen-bond acceptors (Lipinski definition) is 2. The smallest absolute Gasteiger partial charge is 0.255 e. The third kappa shape index (κ3) is 2.56. The summed E-state index contributed by atoms with van der Waals surface area (Å²) in [6.45, 7) is 4.01. The second-order valence-corrected chi connectivity index (χ2v) is 4.06. The quantitative estimate of drug-likeness (QED) is 0.878. The third-order valence-electron chi connectivity index (χ3n) is 2.79. The monoisotopic (exact) mass is 229 g/mol. The van der Waals surface area contributed by atoms with E-state index in [9.17, 15) is 4.79 Å². The van der Waals surface area contributed by atoms with Crippen LogP contribution in [0.2, 0.25) is 0 Å². The molecule has 1 atom stereocenters. The molecule has 0 fully saturated rings. The lowest BCUT2D eigenvalue weighted by Gasteiger charge is -2.15. The van der Waals surface area contributed by atoms with E-state index in [-0.39, 0.29) is 11.9 Å². The Morgan fingerprint density at radius 2 is 2.06 bits per heavy atom. The van der Waals surface area contributed by atoms with Crippen LogP contribution in [0.3, 0.4) is 0 Å². The number of nitrogens with one attached hydrogen (secondary N) is 1. The predicted molar refractivity (Wildman–Crippen MR) is 65.8 cm³/mol. The van der Waals surface area contributed by atoms with Crippen LogP contribution in [0.5, 0.6) is 0 Å². The Bertz CT molecular complexity index is 503. The Labute approximate surface area is 100 Å². The molecule has 3 nitrogen and oxygen atoms in total. The molecule has 0 aliphatic heterocycles. The minimum atomic E-state index is -0.116. The van der Waals surface area contributed by atoms with Crippen LogP contribution in [0.15, 0.2) is 47.3 Å². The maximum Gasteiger partial charge on any atom is 0.255 e. The highest BCUT2D eigenvalue weighted by Gasteiger charge is 2.13. The van der Waals surface area contributed by atoms with Crippen LogP contribution in [0.25, 0.3) is 0 Å². The summed E-state index contributed by atoms with van der Waals surface area (Å²) < 4.78 is 4.89. The molecule has 1 aromatic carbocycles. The van der Waals surface area contributed by atoms with Gasteiger partial charge in [-0.3, -0.25) is 4.79 Å². The molecule has 2 aromatic rings. The summed E-state index contributed by atoms with van der Waals surface area (Å²) in [7, 11) is 0. The zero-order valence-corrected chi connectivity index (χ0v) is 9.94. The van der Waals surface area contributed by atoms with Crippen LogP contribution in [-0.2, 0) is 0 Å². The van der Waals surface area contributed by atoms with Gasteiger partial charge >= 0.3 is 0 Å². The summed E-state index contributed by atoms with van der Waals surface area (Å²) in [5, 5.41) is 2.94. The molecule has 0 aliphatic carbocycles. The fourth-order valence-corrected chi connectivity index (χ4v) is 1.82. The third-order valence-corrected chi connectivity index (χ3v) is 2.79. The molecule has 0 aliphatic rings. The first-order valence-corrected chi connectivity index (χ1v) is 5.57. The minimum Gasteiger partial charge on any atom is -0.472 e. The fraction of sp³-hybridized carbons (Fsp3) is 0.214. The van der Waals surface area contributed by atoms with E-state index in [4.69, 9.17) is 4.42 Å². The first-order valence-electron chi connectivity index (χ1n) is 5.57. The average molecular weight is 229 g/mol. The van der Waals surface area contributed by atoms with Crippen molar-refractivity contribution in [1.82, 2.24) is 5.32 Å². The number of benzene rings is 1. The van der Waals surface area contributed by atoms with Crippen LogP contribution >= 0.6 is 0 Å². The van der Waals surface area contributed by atoms with Gasteiger partial charge in [0.25, 0.3) is 5.91 Å². The number of furan rings is 1. The molecule has 1 aromatic heterocycles. The zero-order chi connectivity index (χ0) is 12.3. The predicted octanol–water partition coefficient (Wildman–Crippen LogP) is 3.08. The van der Waals surface area contributed by atoms with Gasteiger partial charge in [-0.2, -0.15) is 0 Å². The van der Waals surface area contributed by atoms with Crippen molar-refractivity contribution in [3.8, 4) is 0 Å². The Kier molecular flexibility index (Phi) is 3.28. The van der Waals surface area contributed by atoms with Crippen molar-refractivity contribution in [1.29, 1.82) is 0 Å². The average Bonchev–Trinajstić information content (AvgIpc) is 2.82. The summed E-state index contributed by atoms with van der Waals surface area (Å²) in [6, 6.07) is 9.66. The van der Waals surface area contributed by atoms with E-state index < -0.39 is 0 Å². The van der Waals surface area contributed by atoms with E-state index in [1.165, 1.54) is 18.1 Å². The molecule has 2 rings (SSSR count). The second-order valence-electron chi connectivity index (χ2n) is 4.06. The van der Waals surface area contributed by atoms with Gasteiger partial charge in [0.05, 0.1) is 17.9 Å². The Morgan fingerprint density at radius 3 is 2.71 bits per heavy atom. The van der Waals surface area contributed by atoms with Crippen LogP contribution in [0.4, 0.5) is 0 Å². The molecule has 3 heteroatoms. The summed E-state index contributed by atoms with van der Waals surface area (Å²) in [5.74, 6) is -0.116. The van der Waals surface area contributed by atoms with Crippen LogP contribution in [-0.4, -0.2) is 5.91 Å². The first kappa shape index (κ1) is 11.5. The molecule has 0 spiro atoms. The maximum absolute atomic E-state index is 11.8. The summed E-state index contributed by atoms with van der Waals surface area (Å²) in [5.41, 5.74) is 2.85. The van der Waals surface area contributed by atoms with E-state index in [2.05, 4.69) is 5.32 Å². The van der Waals surface area contributed by atoms with Gasteiger partial charge in [0.2, 0.25) is 0 Å². The molecule has 0 saturated carbocycles. The number of aryl methyl sites for hydroxylation is 1. The lowest BCUT2D eigenvalue weighted by Crippen LogP contribution is -2.26. The molecule has 1 amide bonds. The van der Waals surface area contributed by atoms with Crippen LogP contribution in [0, 0.1) is 6.92 Å². The number of hydrogen-bond donors (Lipinski definition) is 1. The van der Waals surface area contributed by atoms with Gasteiger partial charge in [0, 0.05) is 0 Å². The molecule has 0 saturated heterocycles. The summed E-state index contributed by atoms with van der Waals surface area (Å²) >= 11 is 0. The molecule has 1 N–H and O–H groups in total. The van der Waals surface area contributed by atoms with Crippen molar-refractivity contribution >= 4 is 5.91 Å². The van der Waals surface area contributed by atoms with Crippen molar-refractivity contribution in [2.75, 3.05) is 0 Å². The van der Waals surface area contributed by atoms with E-state index in [1.807, 2.05) is 38.1 Å². The van der Waals surface area contributed by atoms with Gasteiger partial charge in [-0.05, 0) is 31.0 Å². The van der Waals surface area contributed by atoms with Crippen LogP contribution < -0.4 is 5.32 Å². The SMILES string of the molecule is Cc1ccccc1C(C)NC(=O)c1ccoc1. The van der Waals surface area contributed by atoms with E-state index in [1.54, 1.807) is 6.07 Å². The van der Waals surface area contributed by atoms with E-state index >= 15 is 0 Å². The zero-order valence-electron chi connectivity index (χ0n) is 9.94. The standard InChI is InChI=1S/C14H15NO2/c1-10-5-3-4-6-13(10)11(2)15-14(16)12-7-8-17-9-12/h3-9,11H,1-2H3,(H,15,16). The van der Waals surface area contributed by atoms with Crippen molar-refractivity contribution in [3.05, 3.63) is 59.5 Å². The molecule has 0 bridgehead atoms. The van der Waals surface area contributed by atoms with Crippen molar-refractivity contribution in [3.63, 3.8) is 0 Å². The lowest BCUT2D eigenvalue weighted by molar-refractivity contribution is 0.0939. The molecular formula is C14H15NO2. The normalized spacial score (nSPS) is 12.1. The molecule has 88 valence electrons. The van der Waals surface area contributed by atoms with Gasteiger partial charge in [-0.15, -0.1) is 0 Å². The Morgan fingerprint density at radius 1 is 1.29 bits per heavy atom. The summed E-state index contributed by atoms with van der Waals surface area (Å²) in [4.78, 5) is 11.8. The van der Waals surface area contributed by atoms with Crippen molar-refractivity contribution < 1.29 is 9.21 Å². The lowest BCUT2D eigenvalue weighted by atomic mass is 10.0. The van der Waals surface area contributed by atoms with Gasteiger partial charge < -0.3 is 9.73 Å². The molecule has 1 heterocycles. The van der Waals surface area contributed by atoms with Gasteiger partial charge in [0.1, 0.15) is 6.26 Å². The van der Waals surface area contributed by atoms with Crippen LogP contribution in [0.1, 0.15) is 34.5 Å². The largest absolute Gasteiger partial charge is 0.472 e. The molecular weight excluding hydrogens is 214 g/mol. The first-order chi connectivity index (χ1) is 8.18. The Hall–Kier alpha value is -2.03. The van der Waals surface area contributed by atoms with Crippen molar-refractivity contribution in [2.45, 2.75) is 19.9 Å². The van der Waals surface area contributed by atoms with Crippen molar-refractivity contribution in [2.24, 2.45) is 0 Å². The topological polar surface area (TPSA) is 42.2 Å². The highest BCUT2D eigenvalue weighted by molar-refractivity contribution is 5.94. The number of carbonyl (C=O) groups is 1. The number of carbonyl (C=O) groups excluding carboxylic acids is 1. The number of amides is 1. The molecule has 17 heavy (non-hydrogen) atoms. The summed E-state index contributed by atoms with van der Waals surface area (Å²) in [6.07, 6.45) is 2.94. The minimum absolute atomic E-state index is 0.0152. The maximum atomic E-state index is 11.8. The highest BCUT2D eigenvalue weighted by atomic mass is 16.3. The second kappa shape index (κ2) is 4.87. The molecule has 1 unspecified atom stereocenters. The Balaban J connectivity index is 2.10. The van der Waals surface area contributed by atoms with E-state index in [0.717, 1.165) is 5.56 Å². The molecule has 0 radical (unpaired) electrons. The fourth-order valence-electron chi connectivity index (χ4n) is 1.82. The van der Waals surface area contributed by atoms with Gasteiger partial charge in [-0.1, -0.05) is 24.3 Å². The van der Waals surface area contributed by atoms with Gasteiger partial charge in [0.15, 0.2) is 0 Å². The van der Waals surface area contributed by atoms with Gasteiger partial charge in [-0.25, -0.2) is 0 Å². The number of rotatable bonds is 3. The highest BCUT2D eigenvalue weighted by Crippen LogP contribution is 2.17. The van der Waals surface area contributed by atoms with E-state index in [0.29, 0.717) is 5.56 Å².